The Hall–Kier alpha value is -2.54. The van der Waals surface area contributed by atoms with Crippen LogP contribution >= 0.6 is 15.9 Å². The quantitative estimate of drug-likeness (QED) is 0.522. The number of aromatic nitrogens is 3. The first-order valence-corrected chi connectivity index (χ1v) is 8.53. The molecule has 2 aromatic heterocycles. The van der Waals surface area contributed by atoms with Crippen LogP contribution in [-0.2, 0) is 6.42 Å². The first kappa shape index (κ1) is 17.3. The van der Waals surface area contributed by atoms with Crippen molar-refractivity contribution in [3.05, 3.63) is 75.5 Å². The largest absolute Gasteiger partial charge is 0.619 e. The van der Waals surface area contributed by atoms with E-state index in [-0.39, 0.29) is 5.82 Å². The number of hydrogen-bond acceptors (Lipinski definition) is 4. The molecule has 1 N–H and O–H groups in total. The third kappa shape index (κ3) is 4.51. The van der Waals surface area contributed by atoms with Crippen molar-refractivity contribution in [2.75, 3.05) is 11.9 Å². The molecule has 0 aliphatic rings. The van der Waals surface area contributed by atoms with Crippen LogP contribution in [0.2, 0.25) is 0 Å². The van der Waals surface area contributed by atoms with Crippen LogP contribution in [0.5, 0.6) is 0 Å². The van der Waals surface area contributed by atoms with Crippen LogP contribution in [-0.4, -0.2) is 16.5 Å². The van der Waals surface area contributed by atoms with Gasteiger partial charge < -0.3 is 10.5 Å². The van der Waals surface area contributed by atoms with Crippen molar-refractivity contribution >= 4 is 21.7 Å². The lowest BCUT2D eigenvalue weighted by molar-refractivity contribution is -0.605. The van der Waals surface area contributed by atoms with Crippen LogP contribution in [0.4, 0.5) is 10.2 Å². The van der Waals surface area contributed by atoms with Crippen molar-refractivity contribution in [2.24, 2.45) is 0 Å². The third-order valence-corrected chi connectivity index (χ3v) is 4.08. The molecular formula is C18H16BrFN4O. The fraction of sp³-hybridized carbons (Fsp3) is 0.167. The number of halogens is 2. The van der Waals surface area contributed by atoms with E-state index in [1.54, 1.807) is 24.3 Å². The Morgan fingerprint density at radius 1 is 1.24 bits per heavy atom. The molecule has 2 heterocycles. The summed E-state index contributed by atoms with van der Waals surface area (Å²) in [6.45, 7) is 2.44. The van der Waals surface area contributed by atoms with E-state index in [4.69, 9.17) is 0 Å². The molecule has 0 atom stereocenters. The first-order chi connectivity index (χ1) is 12.0. The maximum absolute atomic E-state index is 14.1. The van der Waals surface area contributed by atoms with E-state index >= 15 is 0 Å². The van der Waals surface area contributed by atoms with E-state index in [9.17, 15) is 9.60 Å². The third-order valence-electron chi connectivity index (χ3n) is 3.58. The highest BCUT2D eigenvalue weighted by Gasteiger charge is 2.10. The molecule has 0 radical (unpaired) electrons. The molecule has 3 rings (SSSR count). The van der Waals surface area contributed by atoms with Gasteiger partial charge in [-0.1, -0.05) is 15.9 Å². The van der Waals surface area contributed by atoms with Crippen LogP contribution < -0.4 is 10.0 Å². The summed E-state index contributed by atoms with van der Waals surface area (Å²) < 4.78 is 15.6. The fourth-order valence-corrected chi connectivity index (χ4v) is 2.77. The topological polar surface area (TPSA) is 64.8 Å². The molecule has 0 bridgehead atoms. The van der Waals surface area contributed by atoms with Crippen molar-refractivity contribution in [1.82, 2.24) is 9.97 Å². The number of nitrogens with zero attached hydrogens (tertiary/aromatic N) is 3. The van der Waals surface area contributed by atoms with Gasteiger partial charge in [0.25, 0.3) is 0 Å². The van der Waals surface area contributed by atoms with E-state index in [0.29, 0.717) is 34.6 Å². The van der Waals surface area contributed by atoms with Crippen LogP contribution in [0.15, 0.2) is 53.3 Å². The molecule has 0 amide bonds. The molecule has 25 heavy (non-hydrogen) atoms. The number of rotatable bonds is 5. The monoisotopic (exact) mass is 402 g/mol. The SMILES string of the molecule is Cc1cc(NCCc2ccc[n+]([O-])c2)nc(-c2ccc(Br)cc2F)n1. The molecule has 128 valence electrons. The van der Waals surface area contributed by atoms with Crippen molar-refractivity contribution in [3.8, 4) is 11.4 Å². The molecule has 0 fully saturated rings. The fourth-order valence-electron chi connectivity index (χ4n) is 2.43. The summed E-state index contributed by atoms with van der Waals surface area (Å²) in [6, 6.07) is 10.2. The predicted octanol–water partition coefficient (Wildman–Crippen LogP) is 3.64. The summed E-state index contributed by atoms with van der Waals surface area (Å²) in [5.41, 5.74) is 2.02. The molecule has 0 spiro atoms. The number of anilines is 1. The maximum atomic E-state index is 14.1. The second-order valence-corrected chi connectivity index (χ2v) is 6.51. The van der Waals surface area contributed by atoms with Gasteiger partial charge >= 0.3 is 0 Å². The van der Waals surface area contributed by atoms with E-state index < -0.39 is 0 Å². The zero-order valence-electron chi connectivity index (χ0n) is 13.5. The summed E-state index contributed by atoms with van der Waals surface area (Å²) in [6.07, 6.45) is 3.66. The van der Waals surface area contributed by atoms with E-state index in [1.165, 1.54) is 18.5 Å². The highest BCUT2D eigenvalue weighted by molar-refractivity contribution is 9.10. The van der Waals surface area contributed by atoms with Gasteiger partial charge in [-0.15, -0.1) is 0 Å². The first-order valence-electron chi connectivity index (χ1n) is 7.74. The Balaban J connectivity index is 1.75. The van der Waals surface area contributed by atoms with Gasteiger partial charge in [0.1, 0.15) is 11.6 Å². The number of hydrogen-bond donors (Lipinski definition) is 1. The molecule has 5 nitrogen and oxygen atoms in total. The Morgan fingerprint density at radius 2 is 2.08 bits per heavy atom. The molecule has 0 aliphatic heterocycles. The number of nitrogens with one attached hydrogen (secondary N) is 1. The summed E-state index contributed by atoms with van der Waals surface area (Å²) in [7, 11) is 0. The number of pyridine rings is 1. The van der Waals surface area contributed by atoms with Crippen molar-refractivity contribution in [3.63, 3.8) is 0 Å². The highest BCUT2D eigenvalue weighted by Crippen LogP contribution is 2.24. The molecular weight excluding hydrogens is 387 g/mol. The van der Waals surface area contributed by atoms with Gasteiger partial charge in [0.15, 0.2) is 18.2 Å². The average molecular weight is 403 g/mol. The second-order valence-electron chi connectivity index (χ2n) is 5.59. The van der Waals surface area contributed by atoms with E-state index in [1.807, 2.05) is 13.0 Å². The van der Waals surface area contributed by atoms with Gasteiger partial charge in [0, 0.05) is 34.4 Å². The standard InChI is InChI=1S/C18H16BrFN4O/c1-12-9-17(21-7-6-13-3-2-8-24(25)11-13)23-18(22-12)15-5-4-14(19)10-16(15)20/h2-5,8-11H,6-7H2,1H3,(H,21,22,23). The van der Waals surface area contributed by atoms with Gasteiger partial charge in [0.05, 0.1) is 5.56 Å². The molecule has 3 aromatic rings. The van der Waals surface area contributed by atoms with Crippen LogP contribution in [0, 0.1) is 17.9 Å². The molecule has 1 aromatic carbocycles. The molecule has 7 heteroatoms. The lowest BCUT2D eigenvalue weighted by Crippen LogP contribution is -2.25. The van der Waals surface area contributed by atoms with Crippen LogP contribution in [0.25, 0.3) is 11.4 Å². The van der Waals surface area contributed by atoms with Crippen molar-refractivity contribution < 1.29 is 9.12 Å². The molecule has 0 unspecified atom stereocenters. The minimum Gasteiger partial charge on any atom is -0.619 e. The van der Waals surface area contributed by atoms with Crippen LogP contribution in [0.3, 0.4) is 0 Å². The molecule has 0 saturated carbocycles. The number of aryl methyl sites for hydroxylation is 1. The van der Waals surface area contributed by atoms with E-state index in [2.05, 4.69) is 31.2 Å². The lowest BCUT2D eigenvalue weighted by Gasteiger charge is -2.09. The summed E-state index contributed by atoms with van der Waals surface area (Å²) >= 11 is 3.24. The maximum Gasteiger partial charge on any atom is 0.183 e. The summed E-state index contributed by atoms with van der Waals surface area (Å²) in [5, 5.41) is 14.5. The minimum atomic E-state index is -0.379. The Bertz CT molecular complexity index is 904. The van der Waals surface area contributed by atoms with Gasteiger partial charge in [-0.05, 0) is 37.6 Å². The van der Waals surface area contributed by atoms with Gasteiger partial charge in [-0.2, -0.15) is 4.73 Å². The Kier molecular flexibility index (Phi) is 5.23. The smallest absolute Gasteiger partial charge is 0.183 e. The van der Waals surface area contributed by atoms with Crippen molar-refractivity contribution in [2.45, 2.75) is 13.3 Å². The number of benzene rings is 1. The van der Waals surface area contributed by atoms with E-state index in [0.717, 1.165) is 16.0 Å². The summed E-state index contributed by atoms with van der Waals surface area (Å²) in [4.78, 5) is 8.72. The lowest BCUT2D eigenvalue weighted by atomic mass is 10.2. The van der Waals surface area contributed by atoms with Crippen LogP contribution in [0.1, 0.15) is 11.3 Å². The Morgan fingerprint density at radius 3 is 2.84 bits per heavy atom. The summed E-state index contributed by atoms with van der Waals surface area (Å²) in [5.74, 6) is 0.579. The molecule has 0 aliphatic carbocycles. The van der Waals surface area contributed by atoms with Crippen molar-refractivity contribution in [1.29, 1.82) is 0 Å². The highest BCUT2D eigenvalue weighted by atomic mass is 79.9. The minimum absolute atomic E-state index is 0.338. The van der Waals surface area contributed by atoms with Gasteiger partial charge in [-0.25, -0.2) is 14.4 Å². The van der Waals surface area contributed by atoms with Gasteiger partial charge in [-0.3, -0.25) is 0 Å². The normalized spacial score (nSPS) is 10.7. The second kappa shape index (κ2) is 7.57. The molecule has 0 saturated heterocycles. The predicted molar refractivity (Wildman–Crippen MR) is 97.5 cm³/mol. The zero-order chi connectivity index (χ0) is 17.8. The zero-order valence-corrected chi connectivity index (χ0v) is 15.1. The van der Waals surface area contributed by atoms with Gasteiger partial charge in [0.2, 0.25) is 0 Å². The Labute approximate surface area is 153 Å². The average Bonchev–Trinajstić information content (AvgIpc) is 2.54.